The fraction of sp³-hybridized carbons (Fsp3) is 0.333. The fourth-order valence-electron chi connectivity index (χ4n) is 1.77. The number of furan rings is 1. The van der Waals surface area contributed by atoms with Crippen molar-refractivity contribution in [1.82, 2.24) is 5.32 Å². The van der Waals surface area contributed by atoms with E-state index in [0.717, 1.165) is 30.4 Å². The van der Waals surface area contributed by atoms with Gasteiger partial charge in [0.15, 0.2) is 0 Å². The van der Waals surface area contributed by atoms with E-state index in [4.69, 9.17) is 9.15 Å². The molecule has 3 nitrogen and oxygen atoms in total. The normalized spacial score (nSPS) is 10.6. The lowest BCUT2D eigenvalue weighted by atomic mass is 10.2. The highest BCUT2D eigenvalue weighted by atomic mass is 16.5. The van der Waals surface area contributed by atoms with Crippen molar-refractivity contribution in [3.05, 3.63) is 53.5 Å². The number of nitrogens with one attached hydrogen (secondary N) is 1. The molecule has 0 radical (unpaired) electrons. The van der Waals surface area contributed by atoms with E-state index in [1.165, 1.54) is 5.56 Å². The van der Waals surface area contributed by atoms with Gasteiger partial charge in [0.05, 0.1) is 0 Å². The number of ether oxygens (including phenoxy) is 1. The van der Waals surface area contributed by atoms with Gasteiger partial charge in [0.25, 0.3) is 0 Å². The number of aryl methyl sites for hydroxylation is 1. The molecular formula is C15H19NO2. The van der Waals surface area contributed by atoms with Gasteiger partial charge in [0.2, 0.25) is 0 Å². The van der Waals surface area contributed by atoms with Crippen LogP contribution in [-0.2, 0) is 13.2 Å². The topological polar surface area (TPSA) is 34.4 Å². The number of rotatable bonds is 6. The lowest BCUT2D eigenvalue weighted by Gasteiger charge is -2.02. The van der Waals surface area contributed by atoms with Crippen molar-refractivity contribution in [3.8, 4) is 5.75 Å². The van der Waals surface area contributed by atoms with Gasteiger partial charge < -0.3 is 14.5 Å². The number of hydrogen-bond donors (Lipinski definition) is 1. The molecule has 0 atom stereocenters. The maximum atomic E-state index is 5.67. The van der Waals surface area contributed by atoms with Gasteiger partial charge in [-0.1, -0.05) is 25.1 Å². The molecule has 1 aromatic heterocycles. The second-order valence-corrected chi connectivity index (χ2v) is 4.18. The summed E-state index contributed by atoms with van der Waals surface area (Å²) in [7, 11) is 0. The molecule has 0 aliphatic carbocycles. The third-order valence-electron chi connectivity index (χ3n) is 2.76. The van der Waals surface area contributed by atoms with Crippen molar-refractivity contribution in [2.45, 2.75) is 27.0 Å². The van der Waals surface area contributed by atoms with Crippen LogP contribution >= 0.6 is 0 Å². The Balaban J connectivity index is 1.94. The number of para-hydroxylation sites is 1. The fourth-order valence-corrected chi connectivity index (χ4v) is 1.77. The highest BCUT2D eigenvalue weighted by Crippen LogP contribution is 2.17. The van der Waals surface area contributed by atoms with Crippen molar-refractivity contribution in [2.75, 3.05) is 6.54 Å². The number of hydrogen-bond acceptors (Lipinski definition) is 3. The predicted octanol–water partition coefficient (Wildman–Crippen LogP) is 3.28. The zero-order valence-corrected chi connectivity index (χ0v) is 10.9. The molecule has 0 saturated carbocycles. The Morgan fingerprint density at radius 1 is 1.22 bits per heavy atom. The monoisotopic (exact) mass is 245 g/mol. The summed E-state index contributed by atoms with van der Waals surface area (Å²) < 4.78 is 11.3. The minimum atomic E-state index is 0.469. The minimum absolute atomic E-state index is 0.469. The highest BCUT2D eigenvalue weighted by molar-refractivity contribution is 5.23. The molecule has 0 saturated heterocycles. The SMILES string of the molecule is CCNCc1cc(COc2ccccc2)oc1C. The van der Waals surface area contributed by atoms with Crippen molar-refractivity contribution in [3.63, 3.8) is 0 Å². The quantitative estimate of drug-likeness (QED) is 0.848. The Bertz CT molecular complexity index is 476. The molecular weight excluding hydrogens is 226 g/mol. The average molecular weight is 245 g/mol. The first-order valence-electron chi connectivity index (χ1n) is 6.26. The van der Waals surface area contributed by atoms with E-state index < -0.39 is 0 Å². The first-order chi connectivity index (χ1) is 8.79. The number of benzene rings is 1. The van der Waals surface area contributed by atoms with Crippen LogP contribution in [0.2, 0.25) is 0 Å². The average Bonchev–Trinajstić information content (AvgIpc) is 2.76. The second-order valence-electron chi connectivity index (χ2n) is 4.18. The summed E-state index contributed by atoms with van der Waals surface area (Å²) in [6.45, 7) is 6.35. The molecule has 96 valence electrons. The highest BCUT2D eigenvalue weighted by Gasteiger charge is 2.07. The molecule has 2 rings (SSSR count). The summed E-state index contributed by atoms with van der Waals surface area (Å²) in [5.74, 6) is 2.69. The summed E-state index contributed by atoms with van der Waals surface area (Å²) in [6, 6.07) is 11.8. The summed E-state index contributed by atoms with van der Waals surface area (Å²) in [5, 5.41) is 3.29. The van der Waals surface area contributed by atoms with Crippen LogP contribution < -0.4 is 10.1 Å². The lowest BCUT2D eigenvalue weighted by molar-refractivity contribution is 0.267. The summed E-state index contributed by atoms with van der Waals surface area (Å²) in [5.41, 5.74) is 1.20. The van der Waals surface area contributed by atoms with Crippen LogP contribution in [0, 0.1) is 6.92 Å². The molecule has 3 heteroatoms. The lowest BCUT2D eigenvalue weighted by Crippen LogP contribution is -2.11. The molecule has 0 aliphatic rings. The van der Waals surface area contributed by atoms with Crippen molar-refractivity contribution in [2.24, 2.45) is 0 Å². The predicted molar refractivity (Wildman–Crippen MR) is 71.6 cm³/mol. The van der Waals surface area contributed by atoms with E-state index in [9.17, 15) is 0 Å². The van der Waals surface area contributed by atoms with Crippen LogP contribution in [0.3, 0.4) is 0 Å². The zero-order chi connectivity index (χ0) is 12.8. The minimum Gasteiger partial charge on any atom is -0.486 e. The van der Waals surface area contributed by atoms with E-state index >= 15 is 0 Å². The Morgan fingerprint density at radius 2 is 2.00 bits per heavy atom. The molecule has 0 spiro atoms. The van der Waals surface area contributed by atoms with E-state index in [1.807, 2.05) is 37.3 Å². The van der Waals surface area contributed by atoms with E-state index in [0.29, 0.717) is 6.61 Å². The Hall–Kier alpha value is -1.74. The van der Waals surface area contributed by atoms with Crippen LogP contribution in [-0.4, -0.2) is 6.54 Å². The molecule has 1 aromatic carbocycles. The van der Waals surface area contributed by atoms with Crippen molar-refractivity contribution in [1.29, 1.82) is 0 Å². The standard InChI is InChI=1S/C15H19NO2/c1-3-16-10-13-9-15(18-12(13)2)11-17-14-7-5-4-6-8-14/h4-9,16H,3,10-11H2,1-2H3. The van der Waals surface area contributed by atoms with Crippen LogP contribution in [0.5, 0.6) is 5.75 Å². The molecule has 1 N–H and O–H groups in total. The Kier molecular flexibility index (Phi) is 4.42. The molecule has 0 unspecified atom stereocenters. The molecule has 1 heterocycles. The van der Waals surface area contributed by atoms with Crippen LogP contribution in [0.4, 0.5) is 0 Å². The van der Waals surface area contributed by atoms with Gasteiger partial charge in [-0.05, 0) is 31.7 Å². The first kappa shape index (κ1) is 12.7. The van der Waals surface area contributed by atoms with Gasteiger partial charge in [-0.15, -0.1) is 0 Å². The largest absolute Gasteiger partial charge is 0.486 e. The Morgan fingerprint density at radius 3 is 2.72 bits per heavy atom. The summed E-state index contributed by atoms with van der Waals surface area (Å²) in [4.78, 5) is 0. The molecule has 0 bridgehead atoms. The van der Waals surface area contributed by atoms with Crippen molar-refractivity contribution < 1.29 is 9.15 Å². The summed E-state index contributed by atoms with van der Waals surface area (Å²) in [6.07, 6.45) is 0. The smallest absolute Gasteiger partial charge is 0.146 e. The zero-order valence-electron chi connectivity index (χ0n) is 10.9. The van der Waals surface area contributed by atoms with Gasteiger partial charge in [-0.3, -0.25) is 0 Å². The molecule has 0 aliphatic heterocycles. The van der Waals surface area contributed by atoms with Gasteiger partial charge >= 0.3 is 0 Å². The molecule has 18 heavy (non-hydrogen) atoms. The van der Waals surface area contributed by atoms with E-state index in [2.05, 4.69) is 18.3 Å². The third kappa shape index (κ3) is 3.37. The Labute approximate surface area is 108 Å². The van der Waals surface area contributed by atoms with Crippen LogP contribution in [0.15, 0.2) is 40.8 Å². The van der Waals surface area contributed by atoms with Crippen LogP contribution in [0.1, 0.15) is 24.0 Å². The van der Waals surface area contributed by atoms with Gasteiger partial charge in [0, 0.05) is 12.1 Å². The third-order valence-corrected chi connectivity index (χ3v) is 2.76. The van der Waals surface area contributed by atoms with E-state index in [-0.39, 0.29) is 0 Å². The van der Waals surface area contributed by atoms with E-state index in [1.54, 1.807) is 0 Å². The summed E-state index contributed by atoms with van der Waals surface area (Å²) >= 11 is 0. The van der Waals surface area contributed by atoms with Crippen molar-refractivity contribution >= 4 is 0 Å². The molecule has 2 aromatic rings. The second kappa shape index (κ2) is 6.26. The van der Waals surface area contributed by atoms with Gasteiger partial charge in [0.1, 0.15) is 23.9 Å². The van der Waals surface area contributed by atoms with Crippen LogP contribution in [0.25, 0.3) is 0 Å². The maximum absolute atomic E-state index is 5.67. The maximum Gasteiger partial charge on any atom is 0.146 e. The molecule has 0 amide bonds. The van der Waals surface area contributed by atoms with Gasteiger partial charge in [-0.2, -0.15) is 0 Å². The molecule has 0 fully saturated rings. The first-order valence-corrected chi connectivity index (χ1v) is 6.26. The van der Waals surface area contributed by atoms with Gasteiger partial charge in [-0.25, -0.2) is 0 Å².